The molecule has 27 heteroatoms. The number of nitrogens with zero attached hydrogens (tertiary/aromatic N) is 5. The number of rotatable bonds is 17. The number of aromatic amines is 1. The molecule has 8 aromatic rings. The number of aliphatic hydroxyl groups excluding tert-OH is 3. The fourth-order valence-electron chi connectivity index (χ4n) is 8.40. The Morgan fingerprint density at radius 3 is 2.27 bits per heavy atom. The van der Waals surface area contributed by atoms with Gasteiger partial charge in [0.25, 0.3) is 5.56 Å². The van der Waals surface area contributed by atoms with E-state index in [9.17, 15) is 43.8 Å². The van der Waals surface area contributed by atoms with E-state index in [1.165, 1.54) is 28.9 Å². The average Bonchev–Trinajstić information content (AvgIpc) is 4.18. The number of thiophene rings is 5. The van der Waals surface area contributed by atoms with Gasteiger partial charge in [-0.05, 0) is 78.6 Å². The summed E-state index contributed by atoms with van der Waals surface area (Å²) in [6, 6.07) is 18.6. The first-order valence-corrected chi connectivity index (χ1v) is 29.1. The molecule has 2 saturated heterocycles. The molecule has 368 valence electrons. The van der Waals surface area contributed by atoms with Gasteiger partial charge in [0.05, 0.1) is 19.1 Å². The summed E-state index contributed by atoms with van der Waals surface area (Å²) in [7, 11) is -10.1. The number of aromatic nitrogens is 6. The summed E-state index contributed by atoms with van der Waals surface area (Å²) in [5, 5.41) is 37.8. The van der Waals surface area contributed by atoms with Gasteiger partial charge >= 0.3 is 20.9 Å². The van der Waals surface area contributed by atoms with E-state index in [0.717, 1.165) is 50.6 Å². The van der Waals surface area contributed by atoms with Gasteiger partial charge in [-0.25, -0.2) is 19.7 Å². The van der Waals surface area contributed by atoms with Gasteiger partial charge in [-0.1, -0.05) is 12.1 Å². The van der Waals surface area contributed by atoms with Crippen molar-refractivity contribution in [2.75, 3.05) is 18.5 Å². The number of imidazole rings is 1. The normalized spacial score (nSPS) is 23.8. The molecule has 10 rings (SSSR count). The molecule has 0 aliphatic carbocycles. The Bertz CT molecular complexity index is 3370. The number of fused-ring (bicyclic) bond motifs is 1. The van der Waals surface area contributed by atoms with Gasteiger partial charge in [0.15, 0.2) is 23.5 Å². The largest absolute Gasteiger partial charge is 0.394 e. The fraction of sp³-hybridized carbons (Fsp3) is 0.326. The van der Waals surface area contributed by atoms with Crippen molar-refractivity contribution < 1.29 is 52.8 Å². The number of aryl methyl sites for hydroxylation is 2. The second kappa shape index (κ2) is 19.9. The number of nitrogen functional groups attached to an aromatic ring is 1. The lowest BCUT2D eigenvalue weighted by Crippen LogP contribution is -2.41. The zero-order chi connectivity index (χ0) is 49.1. The van der Waals surface area contributed by atoms with Crippen molar-refractivity contribution in [1.29, 1.82) is 0 Å². The molecule has 2 fully saturated rings. The van der Waals surface area contributed by atoms with Crippen molar-refractivity contribution in [2.24, 2.45) is 0 Å². The Kier molecular flexibility index (Phi) is 14.0. The fourth-order valence-corrected chi connectivity index (χ4v) is 16.2. The Hall–Kier alpha value is -4.37. The Labute approximate surface area is 416 Å². The van der Waals surface area contributed by atoms with Crippen LogP contribution in [0.25, 0.3) is 50.2 Å². The second-order valence-corrected chi connectivity index (χ2v) is 25.4. The number of nitrogens with two attached hydrogens (primary N) is 1. The SMILES string of the molecule is Cc1cn([C@H]2C[C@H](OP(=O)(O)C(O)[C@H]3O[C@@H](n4cnc5c(N)ncnc54)[C@H](O)[C@@H]3OP(=O)(O)CCCc3cc(-c4ccc(-c5cccs5)s4)sc3-c3ccc(-c4cccs4)s3)[C@@H](CO)O2)c(=O)[nH]c1=O. The van der Waals surface area contributed by atoms with E-state index in [4.69, 9.17) is 24.3 Å². The number of ether oxygens (including phenoxy) is 2. The summed E-state index contributed by atoms with van der Waals surface area (Å²) in [5.41, 5.74) is 5.84. The van der Waals surface area contributed by atoms with E-state index < -0.39 is 88.0 Å². The zero-order valence-corrected chi connectivity index (χ0v) is 42.4. The molecule has 70 heavy (non-hydrogen) atoms. The highest BCUT2D eigenvalue weighted by Gasteiger charge is 2.57. The number of H-pyrrole nitrogens is 1. The molecule has 8 aromatic heterocycles. The first-order chi connectivity index (χ1) is 33.6. The van der Waals surface area contributed by atoms with Crippen LogP contribution in [0.2, 0.25) is 0 Å². The standard InChI is InChI=1S/C43H43N7O13P2S5/c1-21-17-49(43(55)48-40(21)53)32-16-23(24(18-51)60-32)62-65(58,59)42(54)36-35(34(52)41(61-36)50-20-47-33-38(44)45-19-46-39(33)50)63-64(56,57)12-2-5-22-15-31(29-9-8-27(68-29)25-6-3-13-66-25)70-37(22)30-11-10-28(69-30)26-7-4-14-67-26/h3-4,6-11,13-15,17,19-20,23-24,32,34-36,41-42,51-52,54H,2,5,12,16,18H2,1H3,(H,56,57)(H,58,59)(H2,44,45,46)(H,48,53,55)/t23-,24+,32+,34+,35-,36-,41+,42?/m0/s1. The second-order valence-electron chi connectivity index (χ2n) is 16.5. The third kappa shape index (κ3) is 9.79. The van der Waals surface area contributed by atoms with Gasteiger partial charge in [0.1, 0.15) is 48.6 Å². The topological polar surface area (TPSA) is 297 Å². The smallest absolute Gasteiger partial charge is 0.359 e. The van der Waals surface area contributed by atoms with Crippen molar-refractivity contribution in [3.05, 3.63) is 116 Å². The molecule has 0 bridgehead atoms. The Balaban J connectivity index is 0.900. The maximum absolute atomic E-state index is 14.2. The first-order valence-electron chi connectivity index (χ1n) is 21.5. The van der Waals surface area contributed by atoms with Gasteiger partial charge < -0.3 is 44.8 Å². The van der Waals surface area contributed by atoms with Crippen LogP contribution in [-0.4, -0.2) is 103 Å². The minimum Gasteiger partial charge on any atom is -0.394 e. The minimum absolute atomic E-state index is 0.00926. The number of anilines is 1. The highest BCUT2D eigenvalue weighted by atomic mass is 32.1. The van der Waals surface area contributed by atoms with Crippen LogP contribution in [0.15, 0.2) is 93.8 Å². The molecule has 20 nitrogen and oxygen atoms in total. The molecular formula is C43H43N7O13P2S5. The maximum Gasteiger partial charge on any atom is 0.359 e. The summed E-state index contributed by atoms with van der Waals surface area (Å²) < 4.78 is 53.8. The molecule has 0 saturated carbocycles. The summed E-state index contributed by atoms with van der Waals surface area (Å²) >= 11 is 8.30. The minimum atomic E-state index is -5.35. The van der Waals surface area contributed by atoms with E-state index in [1.807, 2.05) is 22.9 Å². The highest BCUT2D eigenvalue weighted by molar-refractivity contribution is 7.53. The lowest BCUT2D eigenvalue weighted by atomic mass is 10.1. The lowest BCUT2D eigenvalue weighted by Gasteiger charge is -2.30. The number of hydrogen-bond donors (Lipinski definition) is 7. The van der Waals surface area contributed by atoms with E-state index in [1.54, 1.807) is 56.7 Å². The van der Waals surface area contributed by atoms with Gasteiger partial charge in [-0.2, -0.15) is 0 Å². The number of nitrogens with one attached hydrogen (secondary N) is 1. The molecule has 0 radical (unpaired) electrons. The van der Waals surface area contributed by atoms with Crippen molar-refractivity contribution in [2.45, 2.75) is 75.0 Å². The van der Waals surface area contributed by atoms with Crippen LogP contribution >= 0.6 is 71.9 Å². The number of aliphatic hydroxyl groups is 3. The van der Waals surface area contributed by atoms with Crippen LogP contribution in [0, 0.1) is 6.92 Å². The van der Waals surface area contributed by atoms with Crippen LogP contribution < -0.4 is 17.0 Å². The molecule has 10 atom stereocenters. The molecule has 0 aromatic carbocycles. The monoisotopic (exact) mass is 1090 g/mol. The first kappa shape index (κ1) is 49.2. The molecular weight excluding hydrogens is 1040 g/mol. The molecule has 2 aliphatic rings. The lowest BCUT2D eigenvalue weighted by molar-refractivity contribution is -0.0708. The molecule has 3 unspecified atom stereocenters. The molecule has 8 N–H and O–H groups in total. The van der Waals surface area contributed by atoms with E-state index in [-0.39, 0.29) is 35.4 Å². The molecule has 0 amide bonds. The molecule has 10 heterocycles. The van der Waals surface area contributed by atoms with E-state index in [0.29, 0.717) is 6.42 Å². The van der Waals surface area contributed by atoms with Crippen LogP contribution in [0.4, 0.5) is 5.82 Å². The van der Waals surface area contributed by atoms with Crippen LogP contribution in [0.5, 0.6) is 0 Å². The van der Waals surface area contributed by atoms with Gasteiger partial charge in [-0.15, -0.1) is 56.7 Å². The summed E-state index contributed by atoms with van der Waals surface area (Å²) in [6.07, 6.45) is -7.91. The van der Waals surface area contributed by atoms with Crippen molar-refractivity contribution in [3.63, 3.8) is 0 Å². The van der Waals surface area contributed by atoms with Crippen LogP contribution in [-0.2, 0) is 34.1 Å². The third-order valence-electron chi connectivity index (χ3n) is 11.8. The third-order valence-corrected chi connectivity index (χ3v) is 20.7. The van der Waals surface area contributed by atoms with Crippen molar-refractivity contribution >= 4 is 88.9 Å². The summed E-state index contributed by atoms with van der Waals surface area (Å²) in [4.78, 5) is 70.9. The maximum atomic E-state index is 14.2. The summed E-state index contributed by atoms with van der Waals surface area (Å²) in [6.45, 7) is 0.716. The average molecular weight is 1090 g/mol. The predicted octanol–water partition coefficient (Wildman–Crippen LogP) is 6.87. The van der Waals surface area contributed by atoms with E-state index in [2.05, 4.69) is 62.4 Å². The molecule has 0 spiro atoms. The quantitative estimate of drug-likeness (QED) is 0.0458. The molecule has 2 aliphatic heterocycles. The van der Waals surface area contributed by atoms with Crippen LogP contribution in [0.1, 0.15) is 36.4 Å². The van der Waals surface area contributed by atoms with Gasteiger partial charge in [0, 0.05) is 57.2 Å². The van der Waals surface area contributed by atoms with E-state index >= 15 is 0 Å². The zero-order valence-electron chi connectivity index (χ0n) is 36.5. The highest BCUT2D eigenvalue weighted by Crippen LogP contribution is 2.57. The number of hydrogen-bond acceptors (Lipinski definition) is 20. The Morgan fingerprint density at radius 1 is 0.900 bits per heavy atom. The van der Waals surface area contributed by atoms with Crippen molar-refractivity contribution in [3.8, 4) is 39.0 Å². The van der Waals surface area contributed by atoms with Gasteiger partial charge in [0.2, 0.25) is 0 Å². The van der Waals surface area contributed by atoms with Gasteiger partial charge in [-0.3, -0.25) is 32.6 Å². The van der Waals surface area contributed by atoms with Crippen molar-refractivity contribution in [1.82, 2.24) is 29.1 Å². The van der Waals surface area contributed by atoms with Crippen LogP contribution in [0.3, 0.4) is 0 Å². The predicted molar refractivity (Wildman–Crippen MR) is 267 cm³/mol. The summed E-state index contributed by atoms with van der Waals surface area (Å²) in [5.74, 6) is -2.55. The Morgan fingerprint density at radius 2 is 1.59 bits per heavy atom.